The molecule has 1 N–H and O–H groups in total. The lowest BCUT2D eigenvalue weighted by Crippen LogP contribution is -2.39. The van der Waals surface area contributed by atoms with E-state index in [-0.39, 0.29) is 24.4 Å². The van der Waals surface area contributed by atoms with E-state index in [0.717, 1.165) is 0 Å². The highest BCUT2D eigenvalue weighted by atomic mass is 19.4. The van der Waals surface area contributed by atoms with Crippen molar-refractivity contribution < 1.29 is 27.5 Å². The standard InChI is InChI=1S/C14H16F3N3O3/c1-2-23-13-10(4-3-5-18-13)12(22)19-9-6-11(21)20(7-9)8-14(15,16)17/h3-5,9H,2,6-8H2,1H3,(H,19,22)/t9-/m1/s1. The van der Waals surface area contributed by atoms with Gasteiger partial charge in [0.05, 0.1) is 12.6 Å². The van der Waals surface area contributed by atoms with Gasteiger partial charge in [0.1, 0.15) is 12.1 Å². The van der Waals surface area contributed by atoms with Crippen LogP contribution in [-0.2, 0) is 4.79 Å². The number of likely N-dealkylation sites (tertiary alicyclic amines) is 1. The Morgan fingerprint density at radius 3 is 2.91 bits per heavy atom. The average Bonchev–Trinajstić information content (AvgIpc) is 2.77. The topological polar surface area (TPSA) is 71.5 Å². The van der Waals surface area contributed by atoms with Crippen molar-refractivity contribution in [1.29, 1.82) is 0 Å². The fourth-order valence-electron chi connectivity index (χ4n) is 2.32. The van der Waals surface area contributed by atoms with E-state index in [1.54, 1.807) is 13.0 Å². The van der Waals surface area contributed by atoms with E-state index in [2.05, 4.69) is 10.3 Å². The summed E-state index contributed by atoms with van der Waals surface area (Å²) in [4.78, 5) is 28.4. The summed E-state index contributed by atoms with van der Waals surface area (Å²) < 4.78 is 42.3. The highest BCUT2D eigenvalue weighted by molar-refractivity contribution is 5.97. The Hall–Kier alpha value is -2.32. The molecular weight excluding hydrogens is 315 g/mol. The third kappa shape index (κ3) is 4.57. The second kappa shape index (κ2) is 6.84. The molecule has 0 radical (unpaired) electrons. The van der Waals surface area contributed by atoms with Crippen LogP contribution in [0.2, 0.25) is 0 Å². The molecule has 0 bridgehead atoms. The molecule has 126 valence electrons. The normalized spacial score (nSPS) is 18.2. The molecule has 0 aromatic carbocycles. The third-order valence-electron chi connectivity index (χ3n) is 3.22. The number of alkyl halides is 3. The number of ether oxygens (including phenoxy) is 1. The summed E-state index contributed by atoms with van der Waals surface area (Å²) in [5.74, 6) is -1.03. The number of carbonyl (C=O) groups excluding carboxylic acids is 2. The molecule has 1 atom stereocenters. The first kappa shape index (κ1) is 17.0. The van der Waals surface area contributed by atoms with Crippen LogP contribution in [0.3, 0.4) is 0 Å². The van der Waals surface area contributed by atoms with Crippen LogP contribution in [0.15, 0.2) is 18.3 Å². The summed E-state index contributed by atoms with van der Waals surface area (Å²) in [6.07, 6.45) is -3.15. The van der Waals surface area contributed by atoms with Crippen molar-refractivity contribution in [2.75, 3.05) is 19.7 Å². The maximum absolute atomic E-state index is 12.4. The van der Waals surface area contributed by atoms with Gasteiger partial charge in [-0.15, -0.1) is 0 Å². The molecule has 1 saturated heterocycles. The van der Waals surface area contributed by atoms with Crippen molar-refractivity contribution in [2.45, 2.75) is 25.6 Å². The van der Waals surface area contributed by atoms with Gasteiger partial charge in [0, 0.05) is 19.2 Å². The van der Waals surface area contributed by atoms with Gasteiger partial charge in [0.25, 0.3) is 5.91 Å². The molecule has 6 nitrogen and oxygen atoms in total. The number of carbonyl (C=O) groups is 2. The number of hydrogen-bond donors (Lipinski definition) is 1. The zero-order valence-corrected chi connectivity index (χ0v) is 12.4. The molecule has 2 heterocycles. The van der Waals surface area contributed by atoms with Crippen molar-refractivity contribution >= 4 is 11.8 Å². The minimum absolute atomic E-state index is 0.143. The lowest BCUT2D eigenvalue weighted by molar-refractivity contribution is -0.157. The SMILES string of the molecule is CCOc1ncccc1C(=O)N[C@@H]1CC(=O)N(CC(F)(F)F)C1. The van der Waals surface area contributed by atoms with E-state index < -0.39 is 30.6 Å². The number of pyridine rings is 1. The molecule has 1 fully saturated rings. The van der Waals surface area contributed by atoms with Crippen LogP contribution in [0.1, 0.15) is 23.7 Å². The first-order valence-electron chi connectivity index (χ1n) is 7.03. The van der Waals surface area contributed by atoms with Crippen molar-refractivity contribution in [1.82, 2.24) is 15.2 Å². The predicted octanol–water partition coefficient (Wildman–Crippen LogP) is 1.37. The summed E-state index contributed by atoms with van der Waals surface area (Å²) in [5, 5.41) is 2.55. The number of rotatable bonds is 5. The maximum Gasteiger partial charge on any atom is 0.406 e. The number of nitrogens with one attached hydrogen (secondary N) is 1. The number of halogens is 3. The predicted molar refractivity (Wildman–Crippen MR) is 73.9 cm³/mol. The molecular formula is C14H16F3N3O3. The van der Waals surface area contributed by atoms with Gasteiger partial charge < -0.3 is 15.0 Å². The molecule has 0 aliphatic carbocycles. The first-order chi connectivity index (χ1) is 10.8. The van der Waals surface area contributed by atoms with Crippen LogP contribution in [0.4, 0.5) is 13.2 Å². The quantitative estimate of drug-likeness (QED) is 0.885. The van der Waals surface area contributed by atoms with Crippen LogP contribution in [0, 0.1) is 0 Å². The van der Waals surface area contributed by atoms with Gasteiger partial charge in [0.2, 0.25) is 11.8 Å². The van der Waals surface area contributed by atoms with Gasteiger partial charge in [-0.05, 0) is 19.1 Å². The number of nitrogens with zero attached hydrogens (tertiary/aromatic N) is 2. The zero-order valence-electron chi connectivity index (χ0n) is 12.4. The van der Waals surface area contributed by atoms with Crippen LogP contribution < -0.4 is 10.1 Å². The largest absolute Gasteiger partial charge is 0.477 e. The summed E-state index contributed by atoms with van der Waals surface area (Å²) in [6.45, 7) is 0.573. The number of amides is 2. The monoisotopic (exact) mass is 331 g/mol. The summed E-state index contributed by atoms with van der Waals surface area (Å²) in [6, 6.07) is 2.37. The van der Waals surface area contributed by atoms with E-state index >= 15 is 0 Å². The Kier molecular flexibility index (Phi) is 5.07. The van der Waals surface area contributed by atoms with E-state index in [1.807, 2.05) is 0 Å². The van der Waals surface area contributed by atoms with E-state index in [0.29, 0.717) is 11.5 Å². The highest BCUT2D eigenvalue weighted by Crippen LogP contribution is 2.21. The van der Waals surface area contributed by atoms with E-state index in [4.69, 9.17) is 4.74 Å². The average molecular weight is 331 g/mol. The summed E-state index contributed by atoms with van der Waals surface area (Å²) in [5.41, 5.74) is 0.177. The molecule has 2 rings (SSSR count). The van der Waals surface area contributed by atoms with Crippen LogP contribution in [-0.4, -0.2) is 53.6 Å². The van der Waals surface area contributed by atoms with Gasteiger partial charge in [0.15, 0.2) is 0 Å². The zero-order chi connectivity index (χ0) is 17.0. The van der Waals surface area contributed by atoms with Crippen molar-refractivity contribution in [3.05, 3.63) is 23.9 Å². The molecule has 23 heavy (non-hydrogen) atoms. The van der Waals surface area contributed by atoms with E-state index in [9.17, 15) is 22.8 Å². The smallest absolute Gasteiger partial charge is 0.406 e. The van der Waals surface area contributed by atoms with Crippen LogP contribution in [0.25, 0.3) is 0 Å². The molecule has 0 spiro atoms. The molecule has 1 aliphatic rings. The Morgan fingerprint density at radius 1 is 1.52 bits per heavy atom. The minimum Gasteiger partial charge on any atom is -0.477 e. The van der Waals surface area contributed by atoms with Crippen LogP contribution in [0.5, 0.6) is 5.88 Å². The van der Waals surface area contributed by atoms with Gasteiger partial charge in [-0.3, -0.25) is 9.59 Å². The second-order valence-electron chi connectivity index (χ2n) is 5.05. The summed E-state index contributed by atoms with van der Waals surface area (Å²) in [7, 11) is 0. The van der Waals surface area contributed by atoms with Gasteiger partial charge >= 0.3 is 6.18 Å². The lowest BCUT2D eigenvalue weighted by atomic mass is 10.2. The highest BCUT2D eigenvalue weighted by Gasteiger charge is 2.38. The number of aromatic nitrogens is 1. The minimum atomic E-state index is -4.46. The molecule has 0 saturated carbocycles. The Morgan fingerprint density at radius 2 is 2.26 bits per heavy atom. The van der Waals surface area contributed by atoms with E-state index in [1.165, 1.54) is 12.3 Å². The summed E-state index contributed by atoms with van der Waals surface area (Å²) >= 11 is 0. The fourth-order valence-corrected chi connectivity index (χ4v) is 2.32. The van der Waals surface area contributed by atoms with Crippen molar-refractivity contribution in [3.63, 3.8) is 0 Å². The fraction of sp³-hybridized carbons (Fsp3) is 0.500. The van der Waals surface area contributed by atoms with Crippen LogP contribution >= 0.6 is 0 Å². The Balaban J connectivity index is 2.00. The second-order valence-corrected chi connectivity index (χ2v) is 5.05. The molecule has 2 amide bonds. The van der Waals surface area contributed by atoms with Gasteiger partial charge in [-0.2, -0.15) is 13.2 Å². The molecule has 1 aliphatic heterocycles. The molecule has 1 aromatic rings. The lowest BCUT2D eigenvalue weighted by Gasteiger charge is -2.18. The maximum atomic E-state index is 12.4. The van der Waals surface area contributed by atoms with Gasteiger partial charge in [-0.1, -0.05) is 0 Å². The third-order valence-corrected chi connectivity index (χ3v) is 3.22. The molecule has 9 heteroatoms. The molecule has 0 unspecified atom stereocenters. The van der Waals surface area contributed by atoms with Crippen molar-refractivity contribution in [3.8, 4) is 5.88 Å². The van der Waals surface area contributed by atoms with Crippen molar-refractivity contribution in [2.24, 2.45) is 0 Å². The van der Waals surface area contributed by atoms with Gasteiger partial charge in [-0.25, -0.2) is 4.98 Å². The first-order valence-corrected chi connectivity index (χ1v) is 7.03. The molecule has 1 aromatic heterocycles. The Bertz CT molecular complexity index is 592. The number of hydrogen-bond acceptors (Lipinski definition) is 4. The Labute approximate surface area is 130 Å².